The third-order valence-electron chi connectivity index (χ3n) is 3.80. The van der Waals surface area contributed by atoms with Gasteiger partial charge in [-0.15, -0.1) is 0 Å². The lowest BCUT2D eigenvalue weighted by Crippen LogP contribution is -2.23. The largest absolute Gasteiger partial charge is 0.353 e. The van der Waals surface area contributed by atoms with Crippen molar-refractivity contribution < 1.29 is 4.79 Å². The van der Waals surface area contributed by atoms with Crippen molar-refractivity contribution in [1.82, 2.24) is 19.7 Å². The summed E-state index contributed by atoms with van der Waals surface area (Å²) >= 11 is 0. The molecule has 1 aliphatic heterocycles. The molecule has 0 radical (unpaired) electrons. The van der Waals surface area contributed by atoms with Crippen LogP contribution in [0.1, 0.15) is 30.8 Å². The standard InChI is InChI=1S/C15H20N6O/c1-10-8-16-11(2)15(17-10)20-6-4-13(9-20)21-7-5-14(19-21)18-12(3)22/h5,7-8,13H,4,6,9H2,1-3H3,(H,18,19,22). The van der Waals surface area contributed by atoms with Gasteiger partial charge in [0.05, 0.1) is 17.4 Å². The molecule has 1 N–H and O–H groups in total. The van der Waals surface area contributed by atoms with Crippen LogP contribution in [-0.2, 0) is 4.79 Å². The minimum atomic E-state index is -0.107. The number of anilines is 2. The first kappa shape index (κ1) is 14.5. The highest BCUT2D eigenvalue weighted by molar-refractivity contribution is 5.87. The highest BCUT2D eigenvalue weighted by Gasteiger charge is 2.26. The Hall–Kier alpha value is -2.44. The van der Waals surface area contributed by atoms with Crippen LogP contribution in [0.5, 0.6) is 0 Å². The van der Waals surface area contributed by atoms with E-state index in [2.05, 4.69) is 25.3 Å². The SMILES string of the molecule is CC(=O)Nc1ccn(C2CCN(c3nc(C)cnc3C)C2)n1. The number of carbonyl (C=O) groups is 1. The predicted molar refractivity (Wildman–Crippen MR) is 83.9 cm³/mol. The fraction of sp³-hybridized carbons (Fsp3) is 0.467. The molecule has 2 aromatic rings. The molecule has 7 nitrogen and oxygen atoms in total. The summed E-state index contributed by atoms with van der Waals surface area (Å²) in [6, 6.07) is 2.10. The molecule has 0 aliphatic carbocycles. The van der Waals surface area contributed by atoms with E-state index in [0.29, 0.717) is 5.82 Å². The molecule has 1 unspecified atom stereocenters. The summed E-state index contributed by atoms with van der Waals surface area (Å²) in [5.41, 5.74) is 1.88. The van der Waals surface area contributed by atoms with E-state index in [9.17, 15) is 4.79 Å². The van der Waals surface area contributed by atoms with Crippen LogP contribution in [0.2, 0.25) is 0 Å². The number of nitrogens with zero attached hydrogens (tertiary/aromatic N) is 5. The fourth-order valence-electron chi connectivity index (χ4n) is 2.76. The summed E-state index contributed by atoms with van der Waals surface area (Å²) in [6.07, 6.45) is 4.70. The molecular formula is C15H20N6O. The summed E-state index contributed by atoms with van der Waals surface area (Å²) < 4.78 is 1.92. The van der Waals surface area contributed by atoms with Crippen molar-refractivity contribution in [2.45, 2.75) is 33.2 Å². The molecule has 1 aliphatic rings. The lowest BCUT2D eigenvalue weighted by molar-refractivity contribution is -0.114. The third-order valence-corrected chi connectivity index (χ3v) is 3.80. The normalized spacial score (nSPS) is 17.8. The molecule has 0 bridgehead atoms. The van der Waals surface area contributed by atoms with Crippen molar-refractivity contribution in [3.63, 3.8) is 0 Å². The number of rotatable bonds is 3. The van der Waals surface area contributed by atoms with Crippen molar-refractivity contribution in [2.75, 3.05) is 23.3 Å². The average molecular weight is 300 g/mol. The van der Waals surface area contributed by atoms with Crippen LogP contribution in [0.25, 0.3) is 0 Å². The van der Waals surface area contributed by atoms with Crippen LogP contribution in [0.3, 0.4) is 0 Å². The minimum absolute atomic E-state index is 0.107. The van der Waals surface area contributed by atoms with E-state index in [1.54, 1.807) is 6.20 Å². The zero-order valence-electron chi connectivity index (χ0n) is 13.1. The van der Waals surface area contributed by atoms with Crippen molar-refractivity contribution >= 4 is 17.5 Å². The second-order valence-corrected chi connectivity index (χ2v) is 5.67. The van der Waals surface area contributed by atoms with Crippen LogP contribution in [0.15, 0.2) is 18.5 Å². The van der Waals surface area contributed by atoms with Crippen LogP contribution in [0.4, 0.5) is 11.6 Å². The molecule has 1 atom stereocenters. The van der Waals surface area contributed by atoms with Gasteiger partial charge in [0.25, 0.3) is 0 Å². The smallest absolute Gasteiger partial charge is 0.222 e. The van der Waals surface area contributed by atoms with Gasteiger partial charge in [0.15, 0.2) is 5.82 Å². The van der Waals surface area contributed by atoms with Crippen molar-refractivity contribution in [3.8, 4) is 0 Å². The first-order chi connectivity index (χ1) is 10.5. The number of hydrogen-bond acceptors (Lipinski definition) is 5. The van der Waals surface area contributed by atoms with E-state index in [4.69, 9.17) is 0 Å². The Labute approximate surface area is 129 Å². The molecule has 1 saturated heterocycles. The van der Waals surface area contributed by atoms with Gasteiger partial charge in [0.1, 0.15) is 5.82 Å². The second-order valence-electron chi connectivity index (χ2n) is 5.67. The molecular weight excluding hydrogens is 280 g/mol. The van der Waals surface area contributed by atoms with Crippen LogP contribution < -0.4 is 10.2 Å². The lowest BCUT2D eigenvalue weighted by atomic mass is 10.3. The molecule has 1 fully saturated rings. The predicted octanol–water partition coefficient (Wildman–Crippen LogP) is 1.70. The number of aryl methyl sites for hydroxylation is 2. The highest BCUT2D eigenvalue weighted by Crippen LogP contribution is 2.27. The van der Waals surface area contributed by atoms with Gasteiger partial charge < -0.3 is 10.2 Å². The summed E-state index contributed by atoms with van der Waals surface area (Å²) in [7, 11) is 0. The van der Waals surface area contributed by atoms with Crippen molar-refractivity contribution in [2.24, 2.45) is 0 Å². The zero-order valence-corrected chi connectivity index (χ0v) is 13.1. The van der Waals surface area contributed by atoms with Gasteiger partial charge in [-0.2, -0.15) is 5.10 Å². The van der Waals surface area contributed by atoms with Gasteiger partial charge in [-0.3, -0.25) is 14.5 Å². The quantitative estimate of drug-likeness (QED) is 0.933. The van der Waals surface area contributed by atoms with Gasteiger partial charge in [0.2, 0.25) is 5.91 Å². The minimum Gasteiger partial charge on any atom is -0.353 e. The molecule has 3 heterocycles. The van der Waals surface area contributed by atoms with Crippen LogP contribution in [0, 0.1) is 13.8 Å². The van der Waals surface area contributed by atoms with Crippen LogP contribution >= 0.6 is 0 Å². The van der Waals surface area contributed by atoms with Gasteiger partial charge in [-0.1, -0.05) is 0 Å². The Balaban J connectivity index is 1.73. The highest BCUT2D eigenvalue weighted by atomic mass is 16.1. The lowest BCUT2D eigenvalue weighted by Gasteiger charge is -2.19. The number of nitrogens with one attached hydrogen (secondary N) is 1. The van der Waals surface area contributed by atoms with Crippen molar-refractivity contribution in [3.05, 3.63) is 29.8 Å². The van der Waals surface area contributed by atoms with Crippen LogP contribution in [-0.4, -0.2) is 38.7 Å². The Morgan fingerprint density at radius 2 is 2.23 bits per heavy atom. The molecule has 116 valence electrons. The number of carbonyl (C=O) groups excluding carboxylic acids is 1. The van der Waals surface area contributed by atoms with E-state index in [1.807, 2.05) is 30.8 Å². The second kappa shape index (κ2) is 5.75. The summed E-state index contributed by atoms with van der Waals surface area (Å²) in [6.45, 7) is 7.20. The van der Waals surface area contributed by atoms with E-state index in [1.165, 1.54) is 6.92 Å². The molecule has 0 spiro atoms. The van der Waals surface area contributed by atoms with Gasteiger partial charge in [-0.25, -0.2) is 4.98 Å². The molecule has 2 aromatic heterocycles. The summed E-state index contributed by atoms with van der Waals surface area (Å²) in [4.78, 5) is 22.3. The number of aromatic nitrogens is 4. The average Bonchev–Trinajstić information content (AvgIpc) is 3.09. The van der Waals surface area contributed by atoms with E-state index in [-0.39, 0.29) is 11.9 Å². The van der Waals surface area contributed by atoms with E-state index < -0.39 is 0 Å². The first-order valence-corrected chi connectivity index (χ1v) is 7.41. The Bertz CT molecular complexity index is 695. The number of amides is 1. The Morgan fingerprint density at radius 1 is 1.41 bits per heavy atom. The summed E-state index contributed by atoms with van der Waals surface area (Å²) in [5.74, 6) is 1.44. The molecule has 0 saturated carbocycles. The van der Waals surface area contributed by atoms with E-state index >= 15 is 0 Å². The monoisotopic (exact) mass is 300 g/mol. The summed E-state index contributed by atoms with van der Waals surface area (Å²) in [5, 5.41) is 7.12. The van der Waals surface area contributed by atoms with Crippen molar-refractivity contribution in [1.29, 1.82) is 0 Å². The maximum atomic E-state index is 11.1. The molecule has 7 heteroatoms. The first-order valence-electron chi connectivity index (χ1n) is 7.41. The maximum Gasteiger partial charge on any atom is 0.222 e. The maximum absolute atomic E-state index is 11.1. The third kappa shape index (κ3) is 2.93. The van der Waals surface area contributed by atoms with Gasteiger partial charge in [0, 0.05) is 38.5 Å². The Morgan fingerprint density at radius 3 is 3.00 bits per heavy atom. The fourth-order valence-corrected chi connectivity index (χ4v) is 2.76. The molecule has 22 heavy (non-hydrogen) atoms. The molecule has 3 rings (SSSR count). The Kier molecular flexibility index (Phi) is 3.79. The zero-order chi connectivity index (χ0) is 15.7. The van der Waals surface area contributed by atoms with Gasteiger partial charge in [-0.05, 0) is 20.3 Å². The van der Waals surface area contributed by atoms with Gasteiger partial charge >= 0.3 is 0 Å². The van der Waals surface area contributed by atoms with E-state index in [0.717, 1.165) is 36.7 Å². The topological polar surface area (TPSA) is 75.9 Å². The molecule has 1 amide bonds. The molecule has 0 aromatic carbocycles. The number of hydrogen-bond donors (Lipinski definition) is 1.